The molecule has 1 atom stereocenters. The molecule has 3 heteroatoms. The molecule has 0 fully saturated rings. The zero-order valence-electron chi connectivity index (χ0n) is 5.27. The lowest BCUT2D eigenvalue weighted by molar-refractivity contribution is -0.138. The van der Waals surface area contributed by atoms with Crippen molar-refractivity contribution in [3.63, 3.8) is 0 Å². The molecule has 0 aromatic heterocycles. The average molecular weight is 191 g/mol. The van der Waals surface area contributed by atoms with Crippen molar-refractivity contribution in [2.45, 2.75) is 20.0 Å². The topological polar surface area (TPSA) is 26.3 Å². The Bertz CT molecular complexity index is 183. The van der Waals surface area contributed by atoms with E-state index in [1.807, 2.05) is 6.92 Å². The van der Waals surface area contributed by atoms with Gasteiger partial charge in [0, 0.05) is 10.1 Å². The van der Waals surface area contributed by atoms with Gasteiger partial charge in [-0.3, -0.25) is 0 Å². The van der Waals surface area contributed by atoms with Gasteiger partial charge in [0.1, 0.15) is 6.10 Å². The van der Waals surface area contributed by atoms with Crippen molar-refractivity contribution in [1.82, 2.24) is 0 Å². The molecule has 1 heterocycles. The first kappa shape index (κ1) is 6.81. The first-order valence-corrected chi connectivity index (χ1v) is 3.49. The second kappa shape index (κ2) is 2.14. The predicted octanol–water partition coefficient (Wildman–Crippen LogP) is 1.60. The van der Waals surface area contributed by atoms with Crippen molar-refractivity contribution in [2.75, 3.05) is 0 Å². The first-order chi connectivity index (χ1) is 4.13. The molecule has 0 radical (unpaired) electrons. The van der Waals surface area contributed by atoms with Crippen LogP contribution >= 0.6 is 15.9 Å². The van der Waals surface area contributed by atoms with Crippen LogP contribution < -0.4 is 0 Å². The summed E-state index contributed by atoms with van der Waals surface area (Å²) in [5, 5.41) is 0. The third kappa shape index (κ3) is 1.01. The molecule has 0 amide bonds. The molecule has 0 aromatic rings. The SMILES string of the molecule is CC1=C(Br)C(C)OC1=O. The monoisotopic (exact) mass is 190 g/mol. The summed E-state index contributed by atoms with van der Waals surface area (Å²) in [5.41, 5.74) is 0.683. The van der Waals surface area contributed by atoms with Crippen LogP contribution in [0.1, 0.15) is 13.8 Å². The van der Waals surface area contributed by atoms with Crippen LogP contribution in [0, 0.1) is 0 Å². The zero-order chi connectivity index (χ0) is 7.02. The number of hydrogen-bond donors (Lipinski definition) is 0. The Kier molecular flexibility index (Phi) is 1.62. The Morgan fingerprint density at radius 1 is 1.67 bits per heavy atom. The maximum absolute atomic E-state index is 10.7. The van der Waals surface area contributed by atoms with Crippen molar-refractivity contribution in [1.29, 1.82) is 0 Å². The molecule has 2 nitrogen and oxygen atoms in total. The second-order valence-electron chi connectivity index (χ2n) is 2.02. The van der Waals surface area contributed by atoms with Gasteiger partial charge in [-0.05, 0) is 13.8 Å². The summed E-state index contributed by atoms with van der Waals surface area (Å²) in [6, 6.07) is 0. The molecule has 0 saturated heterocycles. The molecule has 0 N–H and O–H groups in total. The van der Waals surface area contributed by atoms with Crippen molar-refractivity contribution < 1.29 is 9.53 Å². The van der Waals surface area contributed by atoms with E-state index in [1.165, 1.54) is 0 Å². The quantitative estimate of drug-likeness (QED) is 0.543. The normalized spacial score (nSPS) is 27.0. The lowest BCUT2D eigenvalue weighted by atomic mass is 10.3. The summed E-state index contributed by atoms with van der Waals surface area (Å²) < 4.78 is 5.69. The van der Waals surface area contributed by atoms with Crippen molar-refractivity contribution in [3.05, 3.63) is 10.1 Å². The first-order valence-electron chi connectivity index (χ1n) is 2.70. The van der Waals surface area contributed by atoms with Crippen molar-refractivity contribution in [3.8, 4) is 0 Å². The summed E-state index contributed by atoms with van der Waals surface area (Å²) in [6.45, 7) is 3.58. The van der Waals surface area contributed by atoms with Crippen molar-refractivity contribution in [2.24, 2.45) is 0 Å². The summed E-state index contributed by atoms with van der Waals surface area (Å²) in [6.07, 6.45) is -0.0856. The van der Waals surface area contributed by atoms with Crippen LogP contribution in [0.4, 0.5) is 0 Å². The van der Waals surface area contributed by atoms with Crippen LogP contribution in [0.25, 0.3) is 0 Å². The van der Waals surface area contributed by atoms with E-state index in [2.05, 4.69) is 15.9 Å². The molecule has 1 aliphatic rings. The third-order valence-corrected chi connectivity index (χ3v) is 2.54. The molecule has 1 rings (SSSR count). The van der Waals surface area contributed by atoms with Gasteiger partial charge in [0.05, 0.1) is 0 Å². The lowest BCUT2D eigenvalue weighted by Gasteiger charge is -1.99. The summed E-state index contributed by atoms with van der Waals surface area (Å²) in [4.78, 5) is 10.7. The molecule has 0 aliphatic carbocycles. The van der Waals surface area contributed by atoms with Crippen molar-refractivity contribution >= 4 is 21.9 Å². The van der Waals surface area contributed by atoms with Crippen LogP contribution in [-0.4, -0.2) is 12.1 Å². The van der Waals surface area contributed by atoms with E-state index in [0.29, 0.717) is 5.57 Å². The Morgan fingerprint density at radius 3 is 2.33 bits per heavy atom. The van der Waals surface area contributed by atoms with E-state index >= 15 is 0 Å². The fraction of sp³-hybridized carbons (Fsp3) is 0.500. The fourth-order valence-corrected chi connectivity index (χ4v) is 0.958. The molecule has 0 bridgehead atoms. The molecule has 0 spiro atoms. The molecular weight excluding hydrogens is 184 g/mol. The summed E-state index contributed by atoms with van der Waals surface area (Å²) in [5.74, 6) is -0.214. The number of hydrogen-bond acceptors (Lipinski definition) is 2. The maximum Gasteiger partial charge on any atom is 0.335 e. The van der Waals surface area contributed by atoms with Gasteiger partial charge in [-0.2, -0.15) is 0 Å². The highest BCUT2D eigenvalue weighted by Gasteiger charge is 2.25. The smallest absolute Gasteiger partial charge is 0.335 e. The van der Waals surface area contributed by atoms with Crippen LogP contribution in [-0.2, 0) is 9.53 Å². The minimum absolute atomic E-state index is 0.0856. The standard InChI is InChI=1S/C6H7BrO2/c1-3-5(7)4(2)9-6(3)8/h4H,1-2H3. The van der Waals surface area contributed by atoms with E-state index in [9.17, 15) is 4.79 Å². The van der Waals surface area contributed by atoms with E-state index < -0.39 is 0 Å². The van der Waals surface area contributed by atoms with Gasteiger partial charge in [-0.25, -0.2) is 4.79 Å². The average Bonchev–Trinajstić information content (AvgIpc) is 1.98. The lowest BCUT2D eigenvalue weighted by Crippen LogP contribution is -2.03. The van der Waals surface area contributed by atoms with Crippen LogP contribution in [0.5, 0.6) is 0 Å². The Labute approximate surface area is 62.0 Å². The number of carbonyl (C=O) groups excluding carboxylic acids is 1. The maximum atomic E-state index is 10.7. The Hall–Kier alpha value is -0.310. The van der Waals surface area contributed by atoms with E-state index in [1.54, 1.807) is 6.92 Å². The second-order valence-corrected chi connectivity index (χ2v) is 2.87. The molecule has 9 heavy (non-hydrogen) atoms. The molecule has 1 aliphatic heterocycles. The summed E-state index contributed by atoms with van der Waals surface area (Å²) in [7, 11) is 0. The van der Waals surface area contributed by atoms with Crippen LogP contribution in [0.3, 0.4) is 0 Å². The van der Waals surface area contributed by atoms with Gasteiger partial charge in [0.15, 0.2) is 0 Å². The van der Waals surface area contributed by atoms with Crippen LogP contribution in [0.15, 0.2) is 10.1 Å². The number of halogens is 1. The van der Waals surface area contributed by atoms with E-state index in [0.717, 1.165) is 4.48 Å². The largest absolute Gasteiger partial charge is 0.454 e. The van der Waals surface area contributed by atoms with Gasteiger partial charge in [0.2, 0.25) is 0 Å². The fourth-order valence-electron chi connectivity index (χ4n) is 0.703. The highest BCUT2D eigenvalue weighted by molar-refractivity contribution is 9.11. The zero-order valence-corrected chi connectivity index (χ0v) is 6.86. The number of esters is 1. The van der Waals surface area contributed by atoms with E-state index in [-0.39, 0.29) is 12.1 Å². The van der Waals surface area contributed by atoms with Gasteiger partial charge >= 0.3 is 5.97 Å². The number of carbonyl (C=O) groups is 1. The van der Waals surface area contributed by atoms with Gasteiger partial charge in [-0.1, -0.05) is 15.9 Å². The highest BCUT2D eigenvalue weighted by atomic mass is 79.9. The molecule has 0 saturated carbocycles. The molecule has 50 valence electrons. The molecule has 1 unspecified atom stereocenters. The minimum atomic E-state index is -0.214. The highest BCUT2D eigenvalue weighted by Crippen LogP contribution is 2.26. The predicted molar refractivity (Wildman–Crippen MR) is 37.2 cm³/mol. The number of cyclic esters (lactones) is 1. The summed E-state index contributed by atoms with van der Waals surface area (Å²) >= 11 is 3.24. The van der Waals surface area contributed by atoms with E-state index in [4.69, 9.17) is 4.74 Å². The Morgan fingerprint density at radius 2 is 2.22 bits per heavy atom. The number of rotatable bonds is 0. The molecular formula is C6H7BrO2. The Balaban J connectivity index is 2.92. The minimum Gasteiger partial charge on any atom is -0.454 e. The molecule has 0 aromatic carbocycles. The van der Waals surface area contributed by atoms with Crippen LogP contribution in [0.2, 0.25) is 0 Å². The van der Waals surface area contributed by atoms with Gasteiger partial charge < -0.3 is 4.74 Å². The van der Waals surface area contributed by atoms with Gasteiger partial charge in [-0.15, -0.1) is 0 Å². The third-order valence-electron chi connectivity index (χ3n) is 1.31. The number of ether oxygens (including phenoxy) is 1. The van der Waals surface area contributed by atoms with Gasteiger partial charge in [0.25, 0.3) is 0 Å².